The fourth-order valence-electron chi connectivity index (χ4n) is 3.58. The third-order valence-corrected chi connectivity index (χ3v) is 4.96. The van der Waals surface area contributed by atoms with E-state index in [0.717, 1.165) is 32.1 Å². The summed E-state index contributed by atoms with van der Waals surface area (Å²) in [5, 5.41) is 3.06. The maximum atomic E-state index is 12.8. The second kappa shape index (κ2) is 8.13. The van der Waals surface area contributed by atoms with Gasteiger partial charge in [-0.3, -0.25) is 9.59 Å². The number of carbonyl (C=O) groups is 2. The van der Waals surface area contributed by atoms with Crippen molar-refractivity contribution in [1.29, 1.82) is 0 Å². The van der Waals surface area contributed by atoms with Crippen molar-refractivity contribution >= 4 is 11.8 Å². The third kappa shape index (κ3) is 4.05. The Hall–Kier alpha value is -2.10. The summed E-state index contributed by atoms with van der Waals surface area (Å²) in [6.07, 6.45) is 9.63. The summed E-state index contributed by atoms with van der Waals surface area (Å²) in [6, 6.07) is 8.92. The molecule has 128 valence electrons. The van der Waals surface area contributed by atoms with Crippen LogP contribution in [0.4, 0.5) is 0 Å². The van der Waals surface area contributed by atoms with Crippen LogP contribution < -0.4 is 5.32 Å². The van der Waals surface area contributed by atoms with Gasteiger partial charge in [-0.2, -0.15) is 0 Å². The summed E-state index contributed by atoms with van der Waals surface area (Å²) in [6.45, 7) is 1.29. The van der Waals surface area contributed by atoms with Crippen molar-refractivity contribution in [3.63, 3.8) is 0 Å². The lowest BCUT2D eigenvalue weighted by Gasteiger charge is -2.35. The highest BCUT2D eigenvalue weighted by Crippen LogP contribution is 2.21. The van der Waals surface area contributed by atoms with E-state index < -0.39 is 0 Å². The number of piperidine rings is 1. The smallest absolute Gasteiger partial charge is 0.254 e. The molecule has 0 unspecified atom stereocenters. The minimum Gasteiger partial charge on any atom is -0.351 e. The molecule has 1 aromatic carbocycles. The maximum absolute atomic E-state index is 12.8. The minimum absolute atomic E-state index is 0.00884. The number of allylic oxidation sites excluding steroid dienone is 1. The van der Waals surface area contributed by atoms with E-state index in [1.807, 2.05) is 30.3 Å². The average molecular weight is 326 g/mol. The van der Waals surface area contributed by atoms with Gasteiger partial charge in [0.2, 0.25) is 5.91 Å². The molecule has 24 heavy (non-hydrogen) atoms. The van der Waals surface area contributed by atoms with Crippen LogP contribution in [0.1, 0.15) is 55.3 Å². The number of rotatable bonds is 4. The predicted molar refractivity (Wildman–Crippen MR) is 94.7 cm³/mol. The van der Waals surface area contributed by atoms with Gasteiger partial charge in [0.05, 0.1) is 0 Å². The van der Waals surface area contributed by atoms with Crippen molar-refractivity contribution in [2.75, 3.05) is 13.1 Å². The zero-order chi connectivity index (χ0) is 16.8. The Morgan fingerprint density at radius 2 is 1.92 bits per heavy atom. The summed E-state index contributed by atoms with van der Waals surface area (Å²) >= 11 is 0. The van der Waals surface area contributed by atoms with Gasteiger partial charge in [-0.15, -0.1) is 0 Å². The van der Waals surface area contributed by atoms with Crippen LogP contribution in [0, 0.1) is 0 Å². The molecule has 0 bridgehead atoms. The molecule has 4 heteroatoms. The molecule has 2 amide bonds. The van der Waals surface area contributed by atoms with Crippen molar-refractivity contribution in [2.45, 2.75) is 51.0 Å². The summed E-state index contributed by atoms with van der Waals surface area (Å²) in [5.74, 6) is -0.0437. The second-order valence-corrected chi connectivity index (χ2v) is 6.70. The fraction of sp³-hybridized carbons (Fsp3) is 0.500. The largest absolute Gasteiger partial charge is 0.351 e. The lowest BCUT2D eigenvalue weighted by atomic mass is 9.98. The van der Waals surface area contributed by atoms with E-state index in [0.29, 0.717) is 18.7 Å². The number of hydrogen-bond acceptors (Lipinski definition) is 2. The van der Waals surface area contributed by atoms with E-state index in [9.17, 15) is 9.59 Å². The number of benzene rings is 1. The molecule has 1 N–H and O–H groups in total. The number of carbonyl (C=O) groups excluding carboxylic acids is 2. The van der Waals surface area contributed by atoms with Gasteiger partial charge in [-0.25, -0.2) is 0 Å². The molecule has 2 aliphatic rings. The zero-order valence-corrected chi connectivity index (χ0v) is 14.2. The van der Waals surface area contributed by atoms with Gasteiger partial charge >= 0.3 is 0 Å². The molecule has 1 aromatic rings. The van der Waals surface area contributed by atoms with E-state index in [-0.39, 0.29) is 17.9 Å². The van der Waals surface area contributed by atoms with Crippen LogP contribution in [0.3, 0.4) is 0 Å². The third-order valence-electron chi connectivity index (χ3n) is 4.96. The van der Waals surface area contributed by atoms with Crippen LogP contribution >= 0.6 is 0 Å². The summed E-state index contributed by atoms with van der Waals surface area (Å²) < 4.78 is 0. The molecule has 1 aliphatic heterocycles. The van der Waals surface area contributed by atoms with Gasteiger partial charge in [0.15, 0.2) is 0 Å². The molecule has 1 fully saturated rings. The van der Waals surface area contributed by atoms with Gasteiger partial charge < -0.3 is 10.2 Å². The van der Waals surface area contributed by atoms with Crippen molar-refractivity contribution in [3.8, 4) is 0 Å². The maximum Gasteiger partial charge on any atom is 0.254 e. The first-order valence-corrected chi connectivity index (χ1v) is 9.07. The lowest BCUT2D eigenvalue weighted by molar-refractivity contribution is -0.126. The fourth-order valence-corrected chi connectivity index (χ4v) is 3.58. The standard InChI is InChI=1S/C20H26N2O2/c23-19(21-15-16-9-3-1-4-10-16)18-13-7-8-14-22(18)20(24)17-11-5-2-6-12-17/h2,5-6,9,11-12,18H,1,3-4,7-8,10,13-15H2,(H,21,23)/t18-/m1/s1. The van der Waals surface area contributed by atoms with E-state index in [1.54, 1.807) is 4.90 Å². The molecule has 0 radical (unpaired) electrons. The summed E-state index contributed by atoms with van der Waals surface area (Å²) in [5.41, 5.74) is 1.98. The number of nitrogens with one attached hydrogen (secondary N) is 1. The second-order valence-electron chi connectivity index (χ2n) is 6.70. The van der Waals surface area contributed by atoms with Gasteiger partial charge in [0.25, 0.3) is 5.91 Å². The molecule has 3 rings (SSSR count). The topological polar surface area (TPSA) is 49.4 Å². The van der Waals surface area contributed by atoms with E-state index in [1.165, 1.54) is 18.4 Å². The van der Waals surface area contributed by atoms with Crippen molar-refractivity contribution in [3.05, 3.63) is 47.5 Å². The van der Waals surface area contributed by atoms with Gasteiger partial charge in [0, 0.05) is 18.7 Å². The van der Waals surface area contributed by atoms with Crippen LogP contribution in [-0.4, -0.2) is 35.8 Å². The van der Waals surface area contributed by atoms with Crippen molar-refractivity contribution < 1.29 is 9.59 Å². The summed E-state index contributed by atoms with van der Waals surface area (Å²) in [7, 11) is 0. The molecule has 0 saturated carbocycles. The summed E-state index contributed by atoms with van der Waals surface area (Å²) in [4.78, 5) is 27.2. The van der Waals surface area contributed by atoms with Crippen LogP contribution in [0.25, 0.3) is 0 Å². The Balaban J connectivity index is 1.64. The number of amides is 2. The zero-order valence-electron chi connectivity index (χ0n) is 14.2. The predicted octanol–water partition coefficient (Wildman–Crippen LogP) is 3.30. The number of hydrogen-bond donors (Lipinski definition) is 1. The first-order valence-electron chi connectivity index (χ1n) is 9.07. The minimum atomic E-state index is -0.337. The molecule has 1 saturated heterocycles. The van der Waals surface area contributed by atoms with Gasteiger partial charge in [0.1, 0.15) is 6.04 Å². The van der Waals surface area contributed by atoms with Gasteiger partial charge in [-0.05, 0) is 57.1 Å². The van der Waals surface area contributed by atoms with Crippen molar-refractivity contribution in [2.24, 2.45) is 0 Å². The van der Waals surface area contributed by atoms with Crippen LogP contribution in [0.2, 0.25) is 0 Å². The van der Waals surface area contributed by atoms with E-state index >= 15 is 0 Å². The molecule has 1 heterocycles. The average Bonchev–Trinajstić information content (AvgIpc) is 2.67. The molecule has 0 aromatic heterocycles. The molecule has 4 nitrogen and oxygen atoms in total. The van der Waals surface area contributed by atoms with Crippen LogP contribution in [-0.2, 0) is 4.79 Å². The molecule has 1 aliphatic carbocycles. The Bertz CT molecular complexity index is 609. The highest BCUT2D eigenvalue weighted by atomic mass is 16.2. The molecular formula is C20H26N2O2. The highest BCUT2D eigenvalue weighted by molar-refractivity contribution is 5.97. The molecular weight excluding hydrogens is 300 g/mol. The SMILES string of the molecule is O=C(NCC1=CCCCC1)[C@H]1CCCCN1C(=O)c1ccccc1. The Morgan fingerprint density at radius 1 is 1.08 bits per heavy atom. The lowest BCUT2D eigenvalue weighted by Crippen LogP contribution is -2.52. The first-order chi connectivity index (χ1) is 11.8. The monoisotopic (exact) mass is 326 g/mol. The van der Waals surface area contributed by atoms with E-state index in [4.69, 9.17) is 0 Å². The first kappa shape index (κ1) is 16.7. The molecule has 0 spiro atoms. The normalized spacial score (nSPS) is 21.1. The van der Waals surface area contributed by atoms with Crippen molar-refractivity contribution in [1.82, 2.24) is 10.2 Å². The number of nitrogens with zero attached hydrogens (tertiary/aromatic N) is 1. The Kier molecular flexibility index (Phi) is 5.68. The highest BCUT2D eigenvalue weighted by Gasteiger charge is 2.32. The molecule has 1 atom stereocenters. The Labute approximate surface area is 143 Å². The van der Waals surface area contributed by atoms with E-state index in [2.05, 4.69) is 11.4 Å². The number of likely N-dealkylation sites (tertiary alicyclic amines) is 1. The Morgan fingerprint density at radius 3 is 2.67 bits per heavy atom. The van der Waals surface area contributed by atoms with Gasteiger partial charge in [-0.1, -0.05) is 29.8 Å². The van der Waals surface area contributed by atoms with Crippen LogP contribution in [0.15, 0.2) is 42.0 Å². The quantitative estimate of drug-likeness (QED) is 0.863. The van der Waals surface area contributed by atoms with Crippen LogP contribution in [0.5, 0.6) is 0 Å².